The van der Waals surface area contributed by atoms with Gasteiger partial charge in [0, 0.05) is 10.4 Å². The Morgan fingerprint density at radius 1 is 1.04 bits per heavy atom. The summed E-state index contributed by atoms with van der Waals surface area (Å²) in [6.45, 7) is 5.42. The van der Waals surface area contributed by atoms with Gasteiger partial charge in [-0.25, -0.2) is 9.38 Å². The van der Waals surface area contributed by atoms with E-state index in [1.807, 2.05) is 0 Å². The number of carbonyl (C=O) groups excluding carboxylic acids is 1. The molecular weight excluding hydrogens is 328 g/mol. The van der Waals surface area contributed by atoms with Gasteiger partial charge in [0.15, 0.2) is 5.84 Å². The highest BCUT2D eigenvalue weighted by atomic mass is 35.5. The van der Waals surface area contributed by atoms with Gasteiger partial charge in [-0.1, -0.05) is 32.4 Å². The summed E-state index contributed by atoms with van der Waals surface area (Å²) < 4.78 is 13.0. The lowest BCUT2D eigenvalue weighted by molar-refractivity contribution is -0.119. The molecule has 0 aliphatic heterocycles. The second-order valence-electron chi connectivity index (χ2n) is 6.27. The molecule has 0 unspecified atom stereocenters. The van der Waals surface area contributed by atoms with E-state index in [2.05, 4.69) is 15.8 Å². The van der Waals surface area contributed by atoms with Crippen molar-refractivity contribution in [2.75, 3.05) is 5.43 Å². The SMILES string of the molecule is CC(C)(C)C(=O)C(=Nc1ccc([18F])cc1)NNc1ccc(Cl)cc1. The van der Waals surface area contributed by atoms with Gasteiger partial charge in [0.2, 0.25) is 5.78 Å². The van der Waals surface area contributed by atoms with Gasteiger partial charge < -0.3 is 0 Å². The topological polar surface area (TPSA) is 53.5 Å². The van der Waals surface area contributed by atoms with Crippen LogP contribution in [0.1, 0.15) is 20.8 Å². The first kappa shape index (κ1) is 17.9. The number of halogens is 2. The lowest BCUT2D eigenvalue weighted by atomic mass is 9.90. The summed E-state index contributed by atoms with van der Waals surface area (Å²) in [6, 6.07) is 12.6. The Labute approximate surface area is 145 Å². The number of aliphatic imine (C=N–C) groups is 1. The fourth-order valence-electron chi connectivity index (χ4n) is 1.80. The van der Waals surface area contributed by atoms with E-state index in [-0.39, 0.29) is 17.4 Å². The van der Waals surface area contributed by atoms with Crippen molar-refractivity contribution in [3.63, 3.8) is 0 Å². The van der Waals surface area contributed by atoms with Crippen molar-refractivity contribution < 1.29 is 9.18 Å². The maximum Gasteiger partial charge on any atom is 0.204 e. The predicted molar refractivity (Wildman–Crippen MR) is 96.2 cm³/mol. The number of benzene rings is 2. The van der Waals surface area contributed by atoms with Crippen LogP contribution >= 0.6 is 11.6 Å². The number of rotatable bonds is 4. The molecule has 0 saturated carbocycles. The number of hydrazine groups is 1. The van der Waals surface area contributed by atoms with Crippen LogP contribution in [0.3, 0.4) is 0 Å². The second kappa shape index (κ2) is 7.45. The molecule has 24 heavy (non-hydrogen) atoms. The Kier molecular flexibility index (Phi) is 5.57. The summed E-state index contributed by atoms with van der Waals surface area (Å²) in [5, 5.41) is 0.617. The van der Waals surface area contributed by atoms with Gasteiger partial charge in [0.1, 0.15) is 5.82 Å². The van der Waals surface area contributed by atoms with Crippen molar-refractivity contribution in [2.45, 2.75) is 20.8 Å². The smallest absolute Gasteiger partial charge is 0.204 e. The molecule has 0 amide bonds. The van der Waals surface area contributed by atoms with Crippen molar-refractivity contribution in [1.82, 2.24) is 5.43 Å². The molecule has 2 rings (SSSR count). The van der Waals surface area contributed by atoms with E-state index in [1.54, 1.807) is 45.0 Å². The molecule has 0 aliphatic carbocycles. The van der Waals surface area contributed by atoms with Crippen molar-refractivity contribution in [3.8, 4) is 0 Å². The van der Waals surface area contributed by atoms with Crippen molar-refractivity contribution >= 4 is 34.6 Å². The molecule has 0 aromatic heterocycles. The third kappa shape index (κ3) is 5.06. The zero-order valence-electron chi connectivity index (χ0n) is 13.7. The van der Waals surface area contributed by atoms with Gasteiger partial charge in [-0.05, 0) is 48.5 Å². The van der Waals surface area contributed by atoms with Crippen LogP contribution in [0, 0.1) is 11.2 Å². The van der Waals surface area contributed by atoms with Gasteiger partial charge >= 0.3 is 0 Å². The molecule has 0 bridgehead atoms. The van der Waals surface area contributed by atoms with E-state index in [4.69, 9.17) is 11.6 Å². The molecule has 0 radical (unpaired) electrons. The molecule has 4 nitrogen and oxygen atoms in total. The van der Waals surface area contributed by atoms with Crippen LogP contribution in [0.4, 0.5) is 15.8 Å². The number of hydrogen-bond donors (Lipinski definition) is 2. The highest BCUT2D eigenvalue weighted by Gasteiger charge is 2.26. The zero-order chi connectivity index (χ0) is 17.7. The van der Waals surface area contributed by atoms with Gasteiger partial charge in [0.25, 0.3) is 0 Å². The molecule has 0 atom stereocenters. The average Bonchev–Trinajstić information content (AvgIpc) is 2.53. The van der Waals surface area contributed by atoms with Crippen LogP contribution < -0.4 is 10.9 Å². The normalized spacial score (nSPS) is 12.0. The minimum Gasteiger partial charge on any atom is -0.300 e. The molecule has 126 valence electrons. The van der Waals surface area contributed by atoms with Gasteiger partial charge in [0.05, 0.1) is 11.4 Å². The van der Waals surface area contributed by atoms with E-state index in [0.29, 0.717) is 10.7 Å². The Bertz CT molecular complexity index is 734. The molecule has 0 heterocycles. The molecule has 0 aliphatic rings. The standard InChI is InChI=1S/C18H19ClFN3O/c1-18(2,3)16(24)17(21-14-10-6-13(20)7-11-14)23-22-15-8-4-12(19)5-9-15/h4-11,22H,1-3H3,(H,21,23)/i20-1. The number of nitrogens with one attached hydrogen (secondary N) is 2. The average molecular weight is 347 g/mol. The van der Waals surface area contributed by atoms with Crippen molar-refractivity contribution in [1.29, 1.82) is 0 Å². The van der Waals surface area contributed by atoms with E-state index in [1.165, 1.54) is 24.3 Å². The fourth-order valence-corrected chi connectivity index (χ4v) is 1.93. The van der Waals surface area contributed by atoms with Crippen LogP contribution in [0.25, 0.3) is 0 Å². The maximum absolute atomic E-state index is 13.0. The van der Waals surface area contributed by atoms with Crippen LogP contribution in [-0.4, -0.2) is 11.6 Å². The summed E-state index contributed by atoms with van der Waals surface area (Å²) >= 11 is 5.85. The summed E-state index contributed by atoms with van der Waals surface area (Å²) in [6.07, 6.45) is 0. The third-order valence-corrected chi connectivity index (χ3v) is 3.39. The summed E-state index contributed by atoms with van der Waals surface area (Å²) in [5.41, 5.74) is 6.35. The van der Waals surface area contributed by atoms with Gasteiger partial charge in [-0.3, -0.25) is 15.6 Å². The minimum atomic E-state index is -0.618. The number of nitrogens with zero attached hydrogens (tertiary/aromatic N) is 1. The lowest BCUT2D eigenvalue weighted by Crippen LogP contribution is -2.41. The Morgan fingerprint density at radius 2 is 1.62 bits per heavy atom. The number of ketones is 1. The third-order valence-electron chi connectivity index (χ3n) is 3.13. The van der Waals surface area contributed by atoms with Gasteiger partial charge in [-0.15, -0.1) is 0 Å². The summed E-state index contributed by atoms with van der Waals surface area (Å²) in [5.74, 6) is -0.387. The molecule has 6 heteroatoms. The Morgan fingerprint density at radius 3 is 2.17 bits per heavy atom. The first-order valence-electron chi connectivity index (χ1n) is 7.42. The number of hydrogen-bond acceptors (Lipinski definition) is 3. The van der Waals surface area contributed by atoms with Crippen molar-refractivity contribution in [2.24, 2.45) is 10.4 Å². The quantitative estimate of drug-likeness (QED) is 0.477. The number of anilines is 1. The van der Waals surface area contributed by atoms with E-state index < -0.39 is 5.41 Å². The molecule has 0 fully saturated rings. The number of carbonyl (C=O) groups is 1. The van der Waals surface area contributed by atoms with E-state index in [9.17, 15) is 9.18 Å². The largest absolute Gasteiger partial charge is 0.300 e. The maximum atomic E-state index is 13.0. The monoisotopic (exact) mass is 346 g/mol. The van der Waals surface area contributed by atoms with Crippen molar-refractivity contribution in [3.05, 3.63) is 59.4 Å². The van der Waals surface area contributed by atoms with E-state index in [0.717, 1.165) is 5.69 Å². The van der Waals surface area contributed by atoms with E-state index >= 15 is 0 Å². The molecule has 2 aromatic rings. The number of amidine groups is 1. The van der Waals surface area contributed by atoms with Crippen LogP contribution in [-0.2, 0) is 4.79 Å². The van der Waals surface area contributed by atoms with Crippen LogP contribution in [0.15, 0.2) is 53.5 Å². The number of Topliss-reactive ketones (excluding diaryl/α,β-unsaturated/α-hetero) is 1. The molecule has 0 spiro atoms. The highest BCUT2D eigenvalue weighted by molar-refractivity contribution is 6.41. The molecule has 0 saturated heterocycles. The van der Waals surface area contributed by atoms with Crippen LogP contribution in [0.2, 0.25) is 5.02 Å². The Hall–Kier alpha value is -2.40. The first-order valence-corrected chi connectivity index (χ1v) is 7.80. The second-order valence-corrected chi connectivity index (χ2v) is 6.71. The lowest BCUT2D eigenvalue weighted by Gasteiger charge is -2.19. The summed E-state index contributed by atoms with van der Waals surface area (Å²) in [4.78, 5) is 16.9. The molecule has 2 N–H and O–H groups in total. The van der Waals surface area contributed by atoms with Crippen LogP contribution in [0.5, 0.6) is 0 Å². The first-order chi connectivity index (χ1) is 11.3. The van der Waals surface area contributed by atoms with Gasteiger partial charge in [-0.2, -0.15) is 0 Å². The Balaban J connectivity index is 2.24. The summed E-state index contributed by atoms with van der Waals surface area (Å²) in [7, 11) is 0. The molecular formula is C18H19ClFN3O. The molecule has 2 aromatic carbocycles. The fraction of sp³-hybridized carbons (Fsp3) is 0.222. The highest BCUT2D eigenvalue weighted by Crippen LogP contribution is 2.19. The zero-order valence-corrected chi connectivity index (χ0v) is 14.5. The minimum absolute atomic E-state index is 0.143. The predicted octanol–water partition coefficient (Wildman–Crippen LogP) is 4.74.